The lowest BCUT2D eigenvalue weighted by Crippen LogP contribution is -2.51. The molecule has 3 fully saturated rings. The van der Waals surface area contributed by atoms with Gasteiger partial charge in [0.25, 0.3) is 5.91 Å². The summed E-state index contributed by atoms with van der Waals surface area (Å²) in [6.07, 6.45) is 4.87. The number of imide groups is 1. The zero-order valence-electron chi connectivity index (χ0n) is 35.1. The van der Waals surface area contributed by atoms with Crippen LogP contribution in [0.3, 0.4) is 0 Å². The maximum Gasteiger partial charge on any atom is 0.280 e. The molecule has 5 aliphatic rings. The zero-order chi connectivity index (χ0) is 43.2. The number of nitrogens with one attached hydrogen (secondary N) is 2. The Morgan fingerprint density at radius 1 is 0.871 bits per heavy atom. The van der Waals surface area contributed by atoms with E-state index in [0.29, 0.717) is 99.7 Å². The Morgan fingerprint density at radius 2 is 1.61 bits per heavy atom. The van der Waals surface area contributed by atoms with Crippen LogP contribution in [0.2, 0.25) is 0 Å². The molecular weight excluding hydrogens is 799 g/mol. The second-order valence-corrected chi connectivity index (χ2v) is 17.0. The van der Waals surface area contributed by atoms with Crippen LogP contribution in [0, 0.1) is 30.4 Å². The number of anilines is 4. The summed E-state index contributed by atoms with van der Waals surface area (Å²) in [7, 11) is 1.83. The van der Waals surface area contributed by atoms with Gasteiger partial charge in [-0.25, -0.2) is 13.5 Å². The van der Waals surface area contributed by atoms with E-state index in [2.05, 4.69) is 49.6 Å². The molecule has 7 heterocycles. The van der Waals surface area contributed by atoms with Crippen molar-refractivity contribution in [3.05, 3.63) is 77.1 Å². The monoisotopic (exact) mass is 848 g/mol. The van der Waals surface area contributed by atoms with E-state index in [1.807, 2.05) is 29.8 Å². The molecule has 2 aromatic carbocycles. The number of halogens is 2. The molecule has 324 valence electrons. The van der Waals surface area contributed by atoms with Gasteiger partial charge in [0.1, 0.15) is 11.6 Å². The first kappa shape index (κ1) is 41.0. The molecular formula is C45H50F2N10O5. The van der Waals surface area contributed by atoms with Crippen LogP contribution in [0.1, 0.15) is 73.0 Å². The average molecular weight is 849 g/mol. The summed E-state index contributed by atoms with van der Waals surface area (Å²) < 4.78 is 38.4. The molecule has 2 bridgehead atoms. The topological polar surface area (TPSA) is 158 Å². The maximum absolute atomic E-state index is 15.3. The van der Waals surface area contributed by atoms with E-state index < -0.39 is 29.4 Å². The van der Waals surface area contributed by atoms with Gasteiger partial charge in [0.05, 0.1) is 41.4 Å². The van der Waals surface area contributed by atoms with E-state index in [1.54, 1.807) is 23.0 Å². The lowest BCUT2D eigenvalue weighted by molar-refractivity contribution is -0.136. The van der Waals surface area contributed by atoms with E-state index in [0.717, 1.165) is 35.5 Å². The molecule has 15 nitrogen and oxygen atoms in total. The number of guanidine groups is 1. The second kappa shape index (κ2) is 16.8. The van der Waals surface area contributed by atoms with E-state index in [4.69, 9.17) is 9.72 Å². The number of pyridine rings is 1. The quantitative estimate of drug-likeness (QED) is 0.254. The van der Waals surface area contributed by atoms with Crippen molar-refractivity contribution in [3.8, 4) is 17.1 Å². The minimum atomic E-state index is -1.06. The van der Waals surface area contributed by atoms with E-state index >= 15 is 8.78 Å². The van der Waals surface area contributed by atoms with Crippen molar-refractivity contribution in [1.29, 1.82) is 0 Å². The summed E-state index contributed by atoms with van der Waals surface area (Å²) in [5.41, 5.74) is 5.28. The lowest BCUT2D eigenvalue weighted by Gasteiger charge is -2.40. The van der Waals surface area contributed by atoms with E-state index in [-0.39, 0.29) is 42.1 Å². The third-order valence-corrected chi connectivity index (χ3v) is 12.7. The van der Waals surface area contributed by atoms with Crippen LogP contribution in [0.5, 0.6) is 5.88 Å². The Labute approximate surface area is 358 Å². The Kier molecular flexibility index (Phi) is 11.1. The number of rotatable bonds is 4. The number of amides is 4. The molecule has 62 heavy (non-hydrogen) atoms. The molecule has 0 unspecified atom stereocenters. The number of aliphatic imine (C=N–C) groups is 1. The maximum atomic E-state index is 15.3. The number of ether oxygens (including phenoxy) is 1. The Bertz CT molecular complexity index is 2450. The van der Waals surface area contributed by atoms with Crippen LogP contribution < -0.4 is 30.1 Å². The van der Waals surface area contributed by atoms with Crippen molar-refractivity contribution in [2.45, 2.75) is 58.3 Å². The van der Waals surface area contributed by atoms with Crippen molar-refractivity contribution in [1.82, 2.24) is 25.0 Å². The van der Waals surface area contributed by atoms with Crippen molar-refractivity contribution >= 4 is 52.3 Å². The summed E-state index contributed by atoms with van der Waals surface area (Å²) in [5.74, 6) is -2.93. The van der Waals surface area contributed by atoms with E-state index in [9.17, 15) is 19.2 Å². The number of fused-ring (bicyclic) bond motifs is 7. The Hall–Kier alpha value is -6.39. The number of hydrogen-bond acceptors (Lipinski definition) is 11. The fourth-order valence-corrected chi connectivity index (χ4v) is 9.37. The number of nitrogens with zero attached hydrogens (tertiary/aromatic N) is 8. The molecule has 0 spiro atoms. The molecule has 4 aromatic rings. The molecule has 4 amide bonds. The van der Waals surface area contributed by atoms with Gasteiger partial charge in [0.2, 0.25) is 29.6 Å². The Morgan fingerprint density at radius 3 is 2.35 bits per heavy atom. The van der Waals surface area contributed by atoms with Gasteiger partial charge < -0.3 is 29.7 Å². The smallest absolute Gasteiger partial charge is 0.280 e. The largest absolute Gasteiger partial charge is 0.477 e. The first-order valence-corrected chi connectivity index (χ1v) is 21.5. The first-order valence-electron chi connectivity index (χ1n) is 21.5. The number of carbonyl (C=O) groups excluding carboxylic acids is 4. The third kappa shape index (κ3) is 8.07. The van der Waals surface area contributed by atoms with Gasteiger partial charge in [0.15, 0.2) is 0 Å². The highest BCUT2D eigenvalue weighted by atomic mass is 19.1. The highest BCUT2D eigenvalue weighted by Gasteiger charge is 2.35. The van der Waals surface area contributed by atoms with Crippen LogP contribution in [0.4, 0.5) is 31.5 Å². The van der Waals surface area contributed by atoms with E-state index in [1.165, 1.54) is 12.1 Å². The SMILES string of the molecule is Cc1cc2cc(n1)-c1cnn(C)c1OCCC[C@@H](C)CN1/C(=N/C2=O)Nc2ccc(N3CCC(C(=O)N4CCN(c5cc(F)c([C@H]6CCC(=O)NC6=O)c(F)c5)CC4)CC3)cc21. The van der Waals surface area contributed by atoms with Crippen molar-refractivity contribution in [2.24, 2.45) is 23.9 Å². The van der Waals surface area contributed by atoms with Crippen LogP contribution in [-0.2, 0) is 21.4 Å². The third-order valence-electron chi connectivity index (χ3n) is 12.7. The fraction of sp³-hybridized carbons (Fsp3) is 0.444. The molecule has 17 heteroatoms. The predicted molar refractivity (Wildman–Crippen MR) is 229 cm³/mol. The first-order chi connectivity index (χ1) is 29.9. The van der Waals surface area contributed by atoms with Crippen LogP contribution in [-0.4, -0.2) is 102 Å². The van der Waals surface area contributed by atoms with Gasteiger partial charge >= 0.3 is 0 Å². The van der Waals surface area contributed by atoms with Gasteiger partial charge in [-0.2, -0.15) is 10.1 Å². The number of hydrogen-bond donors (Lipinski definition) is 2. The molecule has 0 radical (unpaired) electrons. The van der Waals surface area contributed by atoms with Gasteiger partial charge in [0, 0.05) is 93.4 Å². The van der Waals surface area contributed by atoms with Crippen LogP contribution >= 0.6 is 0 Å². The fourth-order valence-electron chi connectivity index (χ4n) is 9.37. The van der Waals surface area contributed by atoms with Crippen molar-refractivity contribution in [2.75, 3.05) is 72.4 Å². The van der Waals surface area contributed by atoms with Gasteiger partial charge in [-0.05, 0) is 87.4 Å². The molecule has 2 N–H and O–H groups in total. The molecule has 0 aliphatic carbocycles. The van der Waals surface area contributed by atoms with Gasteiger partial charge in [-0.15, -0.1) is 0 Å². The minimum absolute atomic E-state index is 0.0260. The Balaban J connectivity index is 0.847. The lowest BCUT2D eigenvalue weighted by atomic mass is 9.89. The number of piperazine rings is 1. The van der Waals surface area contributed by atoms with Crippen molar-refractivity contribution < 1.29 is 32.7 Å². The second-order valence-electron chi connectivity index (χ2n) is 17.0. The minimum Gasteiger partial charge on any atom is -0.477 e. The highest BCUT2D eigenvalue weighted by Crippen LogP contribution is 2.39. The van der Waals surface area contributed by atoms with Crippen LogP contribution in [0.15, 0.2) is 53.7 Å². The number of aromatic nitrogens is 3. The van der Waals surface area contributed by atoms with Gasteiger partial charge in [-0.3, -0.25) is 29.5 Å². The molecule has 0 saturated carbocycles. The van der Waals surface area contributed by atoms with Gasteiger partial charge in [-0.1, -0.05) is 6.92 Å². The molecule has 2 atom stereocenters. The average Bonchev–Trinajstić information content (AvgIpc) is 3.80. The molecule has 3 saturated heterocycles. The molecule has 2 aromatic heterocycles. The highest BCUT2D eigenvalue weighted by molar-refractivity contribution is 6.19. The summed E-state index contributed by atoms with van der Waals surface area (Å²) in [4.78, 5) is 68.9. The molecule has 5 aliphatic heterocycles. The summed E-state index contributed by atoms with van der Waals surface area (Å²) in [5, 5.41) is 9.98. The van der Waals surface area contributed by atoms with Crippen LogP contribution in [0.25, 0.3) is 11.3 Å². The zero-order valence-corrected chi connectivity index (χ0v) is 35.1. The standard InChI is InChI=1S/C45H50F2N10O5/c1-26-5-4-18-62-44-33(24-48-53(44)3)37-20-29(19-27(2)49-37)41(59)52-45-50-36-8-6-30(23-38(36)57(45)25-26)54-12-10-28(11-13-54)43(61)56-16-14-55(15-17-56)31-21-34(46)40(35(47)22-31)32-7-9-39(58)51-42(32)60/h6,8,19-24,26,28,32H,4-5,7,9-18,25H2,1-3H3,(H,50,52,59)(H,51,58,60)/t26-,32-/m1/s1. The summed E-state index contributed by atoms with van der Waals surface area (Å²) in [6, 6.07) is 12.2. The summed E-state index contributed by atoms with van der Waals surface area (Å²) >= 11 is 0. The number of benzene rings is 2. The number of piperidine rings is 2. The predicted octanol–water partition coefficient (Wildman–Crippen LogP) is 5.39. The number of carbonyl (C=O) groups is 4. The molecule has 9 rings (SSSR count). The summed E-state index contributed by atoms with van der Waals surface area (Å²) in [6.45, 7) is 8.25. The van der Waals surface area contributed by atoms with Crippen molar-refractivity contribution in [3.63, 3.8) is 0 Å². The number of aryl methyl sites for hydroxylation is 2. The normalized spacial score (nSPS) is 22.0.